The van der Waals surface area contributed by atoms with Crippen LogP contribution in [0.5, 0.6) is 0 Å². The Morgan fingerprint density at radius 2 is 1.07 bits per heavy atom. The topological polar surface area (TPSA) is 266 Å². The Labute approximate surface area is 341 Å². The molecule has 1 aliphatic rings. The average molecular weight is 833 g/mol. The van der Waals surface area contributed by atoms with Crippen molar-refractivity contribution in [2.24, 2.45) is 0 Å². The molecule has 4 amide bonds. The number of unbranched alkanes of at least 4 members (excludes halogenated alkanes) is 13. The van der Waals surface area contributed by atoms with E-state index in [9.17, 15) is 43.8 Å². The smallest absolute Gasteiger partial charge is 0.358 e. The summed E-state index contributed by atoms with van der Waals surface area (Å²) in [6.07, 6.45) is 14.8. The first-order valence-corrected chi connectivity index (χ1v) is 20.8. The summed E-state index contributed by atoms with van der Waals surface area (Å²) >= 11 is 0. The predicted octanol–water partition coefficient (Wildman–Crippen LogP) is 2.36. The molecule has 1 aliphatic heterocycles. The molecule has 1 unspecified atom stereocenters. The van der Waals surface area contributed by atoms with Gasteiger partial charge in [-0.1, -0.05) is 77.0 Å². The number of aliphatic hydroxyl groups is 1. The van der Waals surface area contributed by atoms with Crippen LogP contribution in [0.15, 0.2) is 0 Å². The second-order valence-corrected chi connectivity index (χ2v) is 14.1. The number of amides is 4. The molecule has 19 heteroatoms. The number of carbonyl (C=O) groups excluding carboxylic acids is 5. The van der Waals surface area contributed by atoms with E-state index >= 15 is 0 Å². The Balaban J connectivity index is 1.91. The first-order valence-electron chi connectivity index (χ1n) is 20.8. The highest BCUT2D eigenvalue weighted by molar-refractivity contribution is 6.01. The van der Waals surface area contributed by atoms with Gasteiger partial charge in [0, 0.05) is 38.8 Å². The van der Waals surface area contributed by atoms with Crippen LogP contribution in [0.4, 0.5) is 0 Å². The lowest BCUT2D eigenvalue weighted by Crippen LogP contribution is -2.42. The molecule has 0 aromatic heterocycles. The summed E-state index contributed by atoms with van der Waals surface area (Å²) in [5.74, 6) is -4.55. The van der Waals surface area contributed by atoms with Crippen LogP contribution in [-0.4, -0.2) is 140 Å². The first kappa shape index (κ1) is 52.3. The van der Waals surface area contributed by atoms with Crippen molar-refractivity contribution in [2.75, 3.05) is 65.9 Å². The van der Waals surface area contributed by atoms with E-state index in [0.29, 0.717) is 18.0 Å². The van der Waals surface area contributed by atoms with Crippen molar-refractivity contribution in [2.45, 2.75) is 141 Å². The van der Waals surface area contributed by atoms with Gasteiger partial charge in [-0.2, -0.15) is 0 Å². The molecule has 0 aromatic carbocycles. The lowest BCUT2D eigenvalue weighted by Gasteiger charge is -2.18. The highest BCUT2D eigenvalue weighted by Gasteiger charge is 2.32. The zero-order valence-electron chi connectivity index (χ0n) is 34.1. The van der Waals surface area contributed by atoms with Gasteiger partial charge in [0.2, 0.25) is 11.8 Å². The van der Waals surface area contributed by atoms with Crippen molar-refractivity contribution in [3.8, 4) is 0 Å². The Hall–Kier alpha value is -3.75. The number of ether oxygens (including phenoxy) is 4. The van der Waals surface area contributed by atoms with E-state index in [4.69, 9.17) is 24.1 Å². The van der Waals surface area contributed by atoms with E-state index < -0.39 is 48.6 Å². The van der Waals surface area contributed by atoms with Crippen molar-refractivity contribution in [1.82, 2.24) is 21.0 Å². The summed E-state index contributed by atoms with van der Waals surface area (Å²) in [5, 5.41) is 36.8. The standard InChI is InChI=1S/C39H68N4O15/c44-32(18-17-31(39(52)53)42-33(45)15-13-11-9-7-5-3-1-2-4-6-8-10-12-14-16-37(49)50)40-21-23-54-25-27-56-29-34(46)41-22-24-55-26-28-57-30-38(51)58-43-35(47)19-20-36(43)48/h31-32,40,44H,1-30H2,(H,41,46)(H,42,45)(H,49,50)(H,52,53)/t31-,32?/m0/s1. The second kappa shape index (κ2) is 35.2. The fraction of sp³-hybridized carbons (Fsp3) is 0.821. The van der Waals surface area contributed by atoms with Crippen LogP contribution in [-0.2, 0) is 57.3 Å². The molecule has 0 spiro atoms. The Bertz CT molecular complexity index is 1180. The number of aliphatic carboxylic acids is 2. The maximum atomic E-state index is 12.3. The minimum Gasteiger partial charge on any atom is -0.481 e. The van der Waals surface area contributed by atoms with Gasteiger partial charge < -0.3 is 49.7 Å². The molecule has 334 valence electrons. The van der Waals surface area contributed by atoms with Gasteiger partial charge >= 0.3 is 17.9 Å². The van der Waals surface area contributed by atoms with Gasteiger partial charge in [0.15, 0.2) is 0 Å². The molecule has 0 saturated carbocycles. The van der Waals surface area contributed by atoms with Crippen LogP contribution >= 0.6 is 0 Å². The molecule has 58 heavy (non-hydrogen) atoms. The number of nitrogens with one attached hydrogen (secondary N) is 3. The normalized spacial score (nSPS) is 13.7. The molecule has 19 nitrogen and oxygen atoms in total. The van der Waals surface area contributed by atoms with Gasteiger partial charge in [-0.15, -0.1) is 5.06 Å². The SMILES string of the molecule is O=C(O)CCCCCCCCCCCCCCCCC(=O)N[C@@H](CCC(O)NCCOCCOCC(=O)NCCOCCOCC(=O)ON1C(=O)CCC1=O)C(=O)O. The van der Waals surface area contributed by atoms with Crippen LogP contribution in [0.25, 0.3) is 0 Å². The minimum atomic E-state index is -1.15. The van der Waals surface area contributed by atoms with Crippen molar-refractivity contribution in [3.63, 3.8) is 0 Å². The van der Waals surface area contributed by atoms with E-state index in [-0.39, 0.29) is 103 Å². The van der Waals surface area contributed by atoms with Gasteiger partial charge in [-0.05, 0) is 25.7 Å². The lowest BCUT2D eigenvalue weighted by molar-refractivity contribution is -0.200. The van der Waals surface area contributed by atoms with Crippen LogP contribution in [0.2, 0.25) is 0 Å². The second-order valence-electron chi connectivity index (χ2n) is 14.1. The fourth-order valence-corrected chi connectivity index (χ4v) is 5.79. The lowest BCUT2D eigenvalue weighted by atomic mass is 10.0. The number of nitrogens with zero attached hydrogens (tertiary/aromatic N) is 1. The maximum absolute atomic E-state index is 12.3. The summed E-state index contributed by atoms with van der Waals surface area (Å²) in [7, 11) is 0. The third kappa shape index (κ3) is 30.3. The Morgan fingerprint density at radius 3 is 1.60 bits per heavy atom. The summed E-state index contributed by atoms with van der Waals surface area (Å²) < 4.78 is 21.0. The molecule has 1 heterocycles. The Morgan fingerprint density at radius 1 is 0.586 bits per heavy atom. The zero-order chi connectivity index (χ0) is 42.6. The predicted molar refractivity (Wildman–Crippen MR) is 208 cm³/mol. The van der Waals surface area contributed by atoms with E-state index in [0.717, 1.165) is 38.5 Å². The molecule has 1 fully saturated rings. The van der Waals surface area contributed by atoms with Gasteiger partial charge in [-0.25, -0.2) is 9.59 Å². The van der Waals surface area contributed by atoms with E-state index in [1.54, 1.807) is 0 Å². The van der Waals surface area contributed by atoms with E-state index in [1.165, 1.54) is 44.9 Å². The Kier molecular flexibility index (Phi) is 31.7. The van der Waals surface area contributed by atoms with E-state index in [2.05, 4.69) is 20.8 Å². The molecular formula is C39H68N4O15. The average Bonchev–Trinajstić information content (AvgIpc) is 3.50. The number of carboxylic acid groups (broad SMARTS) is 2. The van der Waals surface area contributed by atoms with Crippen LogP contribution in [0.3, 0.4) is 0 Å². The number of hydrogen-bond acceptors (Lipinski definition) is 14. The fourth-order valence-electron chi connectivity index (χ4n) is 5.79. The van der Waals surface area contributed by atoms with Gasteiger partial charge in [-0.3, -0.25) is 29.3 Å². The van der Waals surface area contributed by atoms with Crippen molar-refractivity contribution >= 4 is 41.5 Å². The largest absolute Gasteiger partial charge is 0.481 e. The maximum Gasteiger partial charge on any atom is 0.358 e. The molecule has 1 saturated heterocycles. The molecule has 6 N–H and O–H groups in total. The summed E-state index contributed by atoms with van der Waals surface area (Å²) in [6.45, 7) is 0.872. The van der Waals surface area contributed by atoms with Gasteiger partial charge in [0.25, 0.3) is 11.8 Å². The van der Waals surface area contributed by atoms with E-state index in [1.807, 2.05) is 0 Å². The van der Waals surface area contributed by atoms with Crippen molar-refractivity contribution in [3.05, 3.63) is 0 Å². The quantitative estimate of drug-likeness (QED) is 0.0294. The number of aliphatic hydroxyl groups excluding tert-OH is 1. The highest BCUT2D eigenvalue weighted by Crippen LogP contribution is 2.14. The van der Waals surface area contributed by atoms with Crippen LogP contribution < -0.4 is 16.0 Å². The van der Waals surface area contributed by atoms with Crippen molar-refractivity contribution in [1.29, 1.82) is 0 Å². The molecule has 2 atom stereocenters. The third-order valence-corrected chi connectivity index (χ3v) is 9.00. The highest BCUT2D eigenvalue weighted by atomic mass is 16.7. The number of carbonyl (C=O) groups is 7. The van der Waals surface area contributed by atoms with Gasteiger partial charge in [0.1, 0.15) is 25.5 Å². The van der Waals surface area contributed by atoms with Gasteiger partial charge in [0.05, 0.1) is 39.6 Å². The summed E-state index contributed by atoms with van der Waals surface area (Å²) in [6, 6.07) is -1.09. The molecule has 0 aromatic rings. The van der Waals surface area contributed by atoms with Crippen LogP contribution in [0, 0.1) is 0 Å². The molecule has 1 rings (SSSR count). The van der Waals surface area contributed by atoms with Crippen LogP contribution in [0.1, 0.15) is 128 Å². The number of hydroxylamine groups is 2. The molecule has 0 bridgehead atoms. The van der Waals surface area contributed by atoms with Crippen molar-refractivity contribution < 1.29 is 72.7 Å². The zero-order valence-corrected chi connectivity index (χ0v) is 34.1. The number of hydrogen-bond donors (Lipinski definition) is 6. The molecule has 0 radical (unpaired) electrons. The first-order chi connectivity index (χ1) is 28.0. The minimum absolute atomic E-state index is 0.00434. The third-order valence-electron chi connectivity index (χ3n) is 9.00. The molecular weight excluding hydrogens is 764 g/mol. The number of imide groups is 1. The number of rotatable bonds is 40. The molecule has 0 aliphatic carbocycles. The summed E-state index contributed by atoms with van der Waals surface area (Å²) in [4.78, 5) is 85.5. The number of carboxylic acids is 2. The summed E-state index contributed by atoms with van der Waals surface area (Å²) in [5.41, 5.74) is 0. The monoisotopic (exact) mass is 832 g/mol.